The Kier molecular flexibility index (Phi) is 7.44. The molecule has 0 atom stereocenters. The van der Waals surface area contributed by atoms with Gasteiger partial charge in [0, 0.05) is 70.3 Å². The average Bonchev–Trinajstić information content (AvgIpc) is 3.56. The highest BCUT2D eigenvalue weighted by Gasteiger charge is 2.32. The molecule has 0 radical (unpaired) electrons. The largest absolute Gasteiger partial charge is 0.356 e. The van der Waals surface area contributed by atoms with Crippen LogP contribution in [0.1, 0.15) is 66.7 Å². The van der Waals surface area contributed by atoms with Crippen LogP contribution in [0.5, 0.6) is 0 Å². The van der Waals surface area contributed by atoms with Crippen LogP contribution in [0.2, 0.25) is 0 Å². The monoisotopic (exact) mass is 444 g/mol. The Morgan fingerprint density at radius 3 is 2.41 bits per heavy atom. The summed E-state index contributed by atoms with van der Waals surface area (Å²) in [5.74, 6) is -0.128. The first-order chi connectivity index (χ1) is 15.5. The summed E-state index contributed by atoms with van der Waals surface area (Å²) in [5, 5.41) is 7.43. The Morgan fingerprint density at radius 1 is 0.938 bits per heavy atom. The van der Waals surface area contributed by atoms with Gasteiger partial charge in [0.2, 0.25) is 11.8 Å². The molecule has 9 nitrogen and oxygen atoms in total. The second-order valence-electron chi connectivity index (χ2n) is 9.21. The van der Waals surface area contributed by atoms with Gasteiger partial charge < -0.3 is 20.0 Å². The predicted molar refractivity (Wildman–Crippen MR) is 120 cm³/mol. The van der Waals surface area contributed by atoms with Crippen molar-refractivity contribution < 1.29 is 14.4 Å². The average molecular weight is 445 g/mol. The van der Waals surface area contributed by atoms with Gasteiger partial charge in [0.15, 0.2) is 5.69 Å². The minimum absolute atomic E-state index is 0.0260. The first kappa shape index (κ1) is 22.8. The number of nitrogens with one attached hydrogen (secondary N) is 1. The minimum Gasteiger partial charge on any atom is -0.356 e. The van der Waals surface area contributed by atoms with Crippen molar-refractivity contribution in [1.29, 1.82) is 0 Å². The molecule has 1 aromatic rings. The lowest BCUT2D eigenvalue weighted by atomic mass is 10.0. The number of rotatable bonds is 8. The number of nitrogens with zero attached hydrogens (tertiary/aromatic N) is 5. The number of fused-ring (bicyclic) bond motifs is 1. The molecule has 0 aliphatic carbocycles. The van der Waals surface area contributed by atoms with Crippen LogP contribution in [0.15, 0.2) is 0 Å². The third-order valence-electron chi connectivity index (χ3n) is 6.93. The normalized spacial score (nSPS) is 18.8. The van der Waals surface area contributed by atoms with Gasteiger partial charge in [0.25, 0.3) is 5.91 Å². The Morgan fingerprint density at radius 2 is 1.66 bits per heavy atom. The number of amides is 3. The Bertz CT molecular complexity index is 839. The zero-order valence-corrected chi connectivity index (χ0v) is 19.3. The zero-order chi connectivity index (χ0) is 22.5. The molecular formula is C23H36N6O3. The van der Waals surface area contributed by atoms with Crippen LogP contribution in [0.3, 0.4) is 0 Å². The van der Waals surface area contributed by atoms with Crippen molar-refractivity contribution in [3.63, 3.8) is 0 Å². The third-order valence-corrected chi connectivity index (χ3v) is 6.93. The summed E-state index contributed by atoms with van der Waals surface area (Å²) in [6.07, 6.45) is 6.65. The second-order valence-corrected chi connectivity index (χ2v) is 9.21. The van der Waals surface area contributed by atoms with Crippen molar-refractivity contribution in [2.24, 2.45) is 7.05 Å². The molecular weight excluding hydrogens is 408 g/mol. The highest BCUT2D eigenvalue weighted by Crippen LogP contribution is 2.25. The van der Waals surface area contributed by atoms with E-state index in [0.717, 1.165) is 50.2 Å². The number of carbonyl (C=O) groups excluding carboxylic acids is 3. The maximum absolute atomic E-state index is 12.9. The molecule has 3 aliphatic rings. The standard InChI is InChI=1S/C23H36N6O3/c1-26-19-9-16-29(17-18(19)22(25-26)23(32)28-14-4-5-15-28)21(31)8-7-20(30)24-10-6-13-27-11-2-3-12-27/h2-17H2,1H3,(H,24,30). The van der Waals surface area contributed by atoms with Crippen LogP contribution in [0.25, 0.3) is 0 Å². The van der Waals surface area contributed by atoms with Gasteiger partial charge in [-0.25, -0.2) is 0 Å². The fraction of sp³-hybridized carbons (Fsp3) is 0.739. The van der Waals surface area contributed by atoms with E-state index in [0.29, 0.717) is 31.7 Å². The lowest BCUT2D eigenvalue weighted by molar-refractivity contribution is -0.134. The molecule has 1 aromatic heterocycles. The van der Waals surface area contributed by atoms with E-state index >= 15 is 0 Å². The maximum atomic E-state index is 12.9. The molecule has 0 spiro atoms. The summed E-state index contributed by atoms with van der Waals surface area (Å²) in [6, 6.07) is 0. The summed E-state index contributed by atoms with van der Waals surface area (Å²) in [5.41, 5.74) is 2.39. The van der Waals surface area contributed by atoms with E-state index in [1.807, 2.05) is 11.9 Å². The summed E-state index contributed by atoms with van der Waals surface area (Å²) in [4.78, 5) is 43.9. The maximum Gasteiger partial charge on any atom is 0.274 e. The predicted octanol–water partition coefficient (Wildman–Crippen LogP) is 0.923. The van der Waals surface area contributed by atoms with Gasteiger partial charge in [-0.15, -0.1) is 0 Å². The first-order valence-corrected chi connectivity index (χ1v) is 12.1. The van der Waals surface area contributed by atoms with E-state index in [-0.39, 0.29) is 30.6 Å². The molecule has 0 saturated carbocycles. The molecule has 2 fully saturated rings. The molecule has 176 valence electrons. The van der Waals surface area contributed by atoms with E-state index in [4.69, 9.17) is 0 Å². The smallest absolute Gasteiger partial charge is 0.274 e. The first-order valence-electron chi connectivity index (χ1n) is 12.1. The lowest BCUT2D eigenvalue weighted by Crippen LogP contribution is -2.38. The van der Waals surface area contributed by atoms with Gasteiger partial charge in [0.1, 0.15) is 0 Å². The summed E-state index contributed by atoms with van der Waals surface area (Å²) < 4.78 is 1.79. The number of likely N-dealkylation sites (tertiary alicyclic amines) is 2. The molecule has 0 bridgehead atoms. The molecule has 3 aliphatic heterocycles. The van der Waals surface area contributed by atoms with Crippen LogP contribution in [0, 0.1) is 0 Å². The van der Waals surface area contributed by atoms with Gasteiger partial charge in [-0.05, 0) is 51.7 Å². The van der Waals surface area contributed by atoms with Crippen molar-refractivity contribution in [3.05, 3.63) is 17.0 Å². The highest BCUT2D eigenvalue weighted by molar-refractivity contribution is 5.94. The fourth-order valence-electron chi connectivity index (χ4n) is 5.05. The molecule has 3 amide bonds. The van der Waals surface area contributed by atoms with E-state index < -0.39 is 0 Å². The van der Waals surface area contributed by atoms with Crippen LogP contribution in [-0.2, 0) is 29.6 Å². The van der Waals surface area contributed by atoms with Gasteiger partial charge in [0.05, 0.1) is 0 Å². The number of hydrogen-bond donors (Lipinski definition) is 1. The van der Waals surface area contributed by atoms with E-state index in [2.05, 4.69) is 15.3 Å². The molecule has 4 heterocycles. The lowest BCUT2D eigenvalue weighted by Gasteiger charge is -2.28. The fourth-order valence-corrected chi connectivity index (χ4v) is 5.05. The molecule has 32 heavy (non-hydrogen) atoms. The molecule has 2 saturated heterocycles. The quantitative estimate of drug-likeness (QED) is 0.602. The highest BCUT2D eigenvalue weighted by atomic mass is 16.2. The second kappa shape index (κ2) is 10.5. The van der Waals surface area contributed by atoms with Crippen molar-refractivity contribution in [3.8, 4) is 0 Å². The number of aryl methyl sites for hydroxylation is 1. The summed E-state index contributed by atoms with van der Waals surface area (Å²) in [6.45, 7) is 6.58. The van der Waals surface area contributed by atoms with Crippen molar-refractivity contribution in [2.45, 2.75) is 57.9 Å². The van der Waals surface area contributed by atoms with E-state index in [1.54, 1.807) is 9.58 Å². The zero-order valence-electron chi connectivity index (χ0n) is 19.3. The van der Waals surface area contributed by atoms with Gasteiger partial charge in [-0.2, -0.15) is 5.10 Å². The van der Waals surface area contributed by atoms with Crippen LogP contribution >= 0.6 is 0 Å². The Balaban J connectivity index is 1.24. The van der Waals surface area contributed by atoms with Crippen molar-refractivity contribution >= 4 is 17.7 Å². The number of carbonyl (C=O) groups is 3. The Labute approximate surface area is 190 Å². The van der Waals surface area contributed by atoms with E-state index in [9.17, 15) is 14.4 Å². The molecule has 0 unspecified atom stereocenters. The third kappa shape index (κ3) is 5.31. The van der Waals surface area contributed by atoms with Gasteiger partial charge in [-0.3, -0.25) is 19.1 Å². The molecule has 1 N–H and O–H groups in total. The van der Waals surface area contributed by atoms with Gasteiger partial charge in [-0.1, -0.05) is 0 Å². The summed E-state index contributed by atoms with van der Waals surface area (Å²) >= 11 is 0. The van der Waals surface area contributed by atoms with Crippen molar-refractivity contribution in [2.75, 3.05) is 45.8 Å². The molecule has 0 aromatic carbocycles. The Hall–Kier alpha value is -2.42. The van der Waals surface area contributed by atoms with Gasteiger partial charge >= 0.3 is 0 Å². The topological polar surface area (TPSA) is 90.8 Å². The molecule has 4 rings (SSSR count). The number of aromatic nitrogens is 2. The van der Waals surface area contributed by atoms with Crippen molar-refractivity contribution in [1.82, 2.24) is 29.8 Å². The molecule has 9 heteroatoms. The van der Waals surface area contributed by atoms with Crippen LogP contribution < -0.4 is 5.32 Å². The number of hydrogen-bond acceptors (Lipinski definition) is 5. The summed E-state index contributed by atoms with van der Waals surface area (Å²) in [7, 11) is 1.87. The van der Waals surface area contributed by atoms with E-state index in [1.165, 1.54) is 25.9 Å². The SMILES string of the molecule is Cn1nc(C(=O)N2CCCC2)c2c1CCN(C(=O)CCC(=O)NCCCN1CCCC1)C2. The van der Waals surface area contributed by atoms with Crippen LogP contribution in [0.4, 0.5) is 0 Å². The minimum atomic E-state index is -0.0660. The van der Waals surface area contributed by atoms with Crippen LogP contribution in [-0.4, -0.2) is 88.0 Å².